The van der Waals surface area contributed by atoms with Crippen LogP contribution in [-0.4, -0.2) is 27.1 Å². The van der Waals surface area contributed by atoms with Gasteiger partial charge in [-0.2, -0.15) is 0 Å². The van der Waals surface area contributed by atoms with Gasteiger partial charge in [0.1, 0.15) is 6.54 Å². The standard InChI is InChI=1S/C14H15N3O3/c18-12(11-5-2-1-3-6-11)9-16-13(19)10-17-8-4-7-15-14(17)20/h1-8,12,18H,9-10H2,(H,16,19). The number of amides is 1. The minimum absolute atomic E-state index is 0.0951. The highest BCUT2D eigenvalue weighted by Crippen LogP contribution is 2.10. The molecule has 104 valence electrons. The Kier molecular flexibility index (Phi) is 4.62. The third kappa shape index (κ3) is 3.76. The molecule has 0 aliphatic heterocycles. The molecule has 1 aromatic carbocycles. The first-order chi connectivity index (χ1) is 9.66. The second kappa shape index (κ2) is 6.63. The van der Waals surface area contributed by atoms with E-state index in [1.165, 1.54) is 17.0 Å². The van der Waals surface area contributed by atoms with E-state index >= 15 is 0 Å². The van der Waals surface area contributed by atoms with Gasteiger partial charge in [0.2, 0.25) is 5.91 Å². The van der Waals surface area contributed by atoms with E-state index in [2.05, 4.69) is 10.3 Å². The fourth-order valence-corrected chi connectivity index (χ4v) is 1.72. The Hall–Kier alpha value is -2.47. The zero-order chi connectivity index (χ0) is 14.4. The summed E-state index contributed by atoms with van der Waals surface area (Å²) in [7, 11) is 0. The van der Waals surface area contributed by atoms with Crippen LogP contribution in [0, 0.1) is 0 Å². The van der Waals surface area contributed by atoms with Crippen molar-refractivity contribution in [2.45, 2.75) is 12.6 Å². The Morgan fingerprint density at radius 1 is 1.30 bits per heavy atom. The highest BCUT2D eigenvalue weighted by molar-refractivity contribution is 5.75. The van der Waals surface area contributed by atoms with Crippen molar-refractivity contribution in [1.29, 1.82) is 0 Å². The maximum atomic E-state index is 11.7. The molecular weight excluding hydrogens is 258 g/mol. The van der Waals surface area contributed by atoms with Crippen LogP contribution in [0.25, 0.3) is 0 Å². The summed E-state index contributed by atoms with van der Waals surface area (Å²) in [5.41, 5.74) is 0.248. The molecule has 2 aromatic rings. The van der Waals surface area contributed by atoms with Crippen LogP contribution in [0.5, 0.6) is 0 Å². The maximum Gasteiger partial charge on any atom is 0.347 e. The summed E-state index contributed by atoms with van der Waals surface area (Å²) >= 11 is 0. The van der Waals surface area contributed by atoms with Gasteiger partial charge in [0.05, 0.1) is 6.10 Å². The van der Waals surface area contributed by atoms with E-state index in [0.717, 1.165) is 5.56 Å². The third-order valence-corrected chi connectivity index (χ3v) is 2.77. The summed E-state index contributed by atoms with van der Waals surface area (Å²) in [4.78, 5) is 26.6. The van der Waals surface area contributed by atoms with E-state index in [4.69, 9.17) is 0 Å². The van der Waals surface area contributed by atoms with Crippen LogP contribution in [0.1, 0.15) is 11.7 Å². The first-order valence-electron chi connectivity index (χ1n) is 6.18. The number of nitrogens with zero attached hydrogens (tertiary/aromatic N) is 2. The Morgan fingerprint density at radius 2 is 2.05 bits per heavy atom. The molecule has 1 aromatic heterocycles. The SMILES string of the molecule is O=C(Cn1cccnc1=O)NCC(O)c1ccccc1. The van der Waals surface area contributed by atoms with Gasteiger partial charge in [-0.25, -0.2) is 9.78 Å². The fraction of sp³-hybridized carbons (Fsp3) is 0.214. The smallest absolute Gasteiger partial charge is 0.347 e. The molecule has 0 saturated heterocycles. The van der Waals surface area contributed by atoms with Crippen LogP contribution >= 0.6 is 0 Å². The number of rotatable bonds is 5. The van der Waals surface area contributed by atoms with Gasteiger partial charge in [-0.05, 0) is 11.6 Å². The number of benzene rings is 1. The van der Waals surface area contributed by atoms with Crippen LogP contribution in [0.2, 0.25) is 0 Å². The Balaban J connectivity index is 1.87. The summed E-state index contributed by atoms with van der Waals surface area (Å²) < 4.78 is 1.20. The van der Waals surface area contributed by atoms with Gasteiger partial charge in [-0.15, -0.1) is 0 Å². The normalized spacial score (nSPS) is 11.8. The number of carbonyl (C=O) groups is 1. The lowest BCUT2D eigenvalue weighted by molar-refractivity contribution is -0.122. The van der Waals surface area contributed by atoms with Gasteiger partial charge in [-0.3, -0.25) is 9.36 Å². The van der Waals surface area contributed by atoms with Crippen molar-refractivity contribution in [2.24, 2.45) is 0 Å². The van der Waals surface area contributed by atoms with Gasteiger partial charge in [0.25, 0.3) is 0 Å². The molecule has 6 heteroatoms. The zero-order valence-electron chi connectivity index (χ0n) is 10.8. The number of aliphatic hydroxyl groups is 1. The van der Waals surface area contributed by atoms with E-state index in [1.807, 2.05) is 18.2 Å². The quantitative estimate of drug-likeness (QED) is 0.809. The first-order valence-corrected chi connectivity index (χ1v) is 6.18. The molecule has 0 bridgehead atoms. The molecule has 0 aliphatic carbocycles. The molecule has 2 N–H and O–H groups in total. The Bertz CT molecular complexity index is 625. The van der Waals surface area contributed by atoms with Crippen LogP contribution in [0.15, 0.2) is 53.6 Å². The minimum atomic E-state index is -0.772. The fourth-order valence-electron chi connectivity index (χ4n) is 1.72. The van der Waals surface area contributed by atoms with Crippen molar-refractivity contribution in [3.63, 3.8) is 0 Å². The maximum absolute atomic E-state index is 11.7. The molecule has 1 unspecified atom stereocenters. The lowest BCUT2D eigenvalue weighted by Crippen LogP contribution is -2.34. The van der Waals surface area contributed by atoms with Crippen molar-refractivity contribution in [1.82, 2.24) is 14.9 Å². The van der Waals surface area contributed by atoms with Crippen molar-refractivity contribution >= 4 is 5.91 Å². The van der Waals surface area contributed by atoms with Crippen LogP contribution < -0.4 is 11.0 Å². The van der Waals surface area contributed by atoms with Gasteiger partial charge in [-0.1, -0.05) is 30.3 Å². The van der Waals surface area contributed by atoms with E-state index in [9.17, 15) is 14.7 Å². The molecule has 2 rings (SSSR count). The molecule has 1 amide bonds. The Morgan fingerprint density at radius 3 is 2.75 bits per heavy atom. The summed E-state index contributed by atoms with van der Waals surface area (Å²) in [6, 6.07) is 10.6. The topological polar surface area (TPSA) is 84.2 Å². The first kappa shape index (κ1) is 14.0. The van der Waals surface area contributed by atoms with Crippen molar-refractivity contribution in [3.8, 4) is 0 Å². The number of aliphatic hydroxyl groups excluding tert-OH is 1. The molecule has 0 aliphatic rings. The highest BCUT2D eigenvalue weighted by Gasteiger charge is 2.09. The van der Waals surface area contributed by atoms with E-state index in [1.54, 1.807) is 18.2 Å². The highest BCUT2D eigenvalue weighted by atomic mass is 16.3. The summed E-state index contributed by atoms with van der Waals surface area (Å²) in [6.07, 6.45) is 2.09. The summed E-state index contributed by atoms with van der Waals surface area (Å²) in [5.74, 6) is -0.352. The van der Waals surface area contributed by atoms with Crippen molar-refractivity contribution < 1.29 is 9.90 Å². The largest absolute Gasteiger partial charge is 0.387 e. The van der Waals surface area contributed by atoms with Gasteiger partial charge in [0, 0.05) is 18.9 Å². The average molecular weight is 273 g/mol. The lowest BCUT2D eigenvalue weighted by atomic mass is 10.1. The van der Waals surface area contributed by atoms with Crippen molar-refractivity contribution in [2.75, 3.05) is 6.54 Å². The Labute approximate surface area is 115 Å². The number of nitrogens with one attached hydrogen (secondary N) is 1. The van der Waals surface area contributed by atoms with Crippen LogP contribution in [0.4, 0.5) is 0 Å². The molecule has 0 radical (unpaired) electrons. The molecule has 1 heterocycles. The van der Waals surface area contributed by atoms with Gasteiger partial charge >= 0.3 is 5.69 Å². The second-order valence-electron chi connectivity index (χ2n) is 4.26. The van der Waals surface area contributed by atoms with E-state index in [-0.39, 0.29) is 19.0 Å². The second-order valence-corrected chi connectivity index (χ2v) is 4.26. The van der Waals surface area contributed by atoms with E-state index < -0.39 is 11.8 Å². The number of carbonyl (C=O) groups excluding carboxylic acids is 1. The molecular formula is C14H15N3O3. The van der Waals surface area contributed by atoms with Crippen LogP contribution in [-0.2, 0) is 11.3 Å². The number of aromatic nitrogens is 2. The minimum Gasteiger partial charge on any atom is -0.387 e. The molecule has 0 saturated carbocycles. The number of hydrogen-bond acceptors (Lipinski definition) is 4. The van der Waals surface area contributed by atoms with E-state index in [0.29, 0.717) is 0 Å². The van der Waals surface area contributed by atoms with Crippen LogP contribution in [0.3, 0.4) is 0 Å². The molecule has 0 spiro atoms. The predicted octanol–water partition coefficient (Wildman–Crippen LogP) is 0.0931. The van der Waals surface area contributed by atoms with Crippen molar-refractivity contribution in [3.05, 3.63) is 64.8 Å². The number of hydrogen-bond donors (Lipinski definition) is 2. The summed E-state index contributed by atoms with van der Waals surface area (Å²) in [6.45, 7) is -0.0218. The molecule has 1 atom stereocenters. The zero-order valence-corrected chi connectivity index (χ0v) is 10.8. The average Bonchev–Trinajstić information content (AvgIpc) is 2.48. The van der Waals surface area contributed by atoms with Gasteiger partial charge in [0.15, 0.2) is 0 Å². The molecule has 6 nitrogen and oxygen atoms in total. The lowest BCUT2D eigenvalue weighted by Gasteiger charge is -2.12. The predicted molar refractivity (Wildman–Crippen MR) is 72.9 cm³/mol. The van der Waals surface area contributed by atoms with Gasteiger partial charge < -0.3 is 10.4 Å². The molecule has 20 heavy (non-hydrogen) atoms. The third-order valence-electron chi connectivity index (χ3n) is 2.77. The summed E-state index contributed by atoms with van der Waals surface area (Å²) in [5, 5.41) is 12.5. The monoisotopic (exact) mass is 273 g/mol. The molecule has 0 fully saturated rings.